The minimum Gasteiger partial charge on any atom is -0.278 e. The van der Waals surface area contributed by atoms with E-state index in [1.165, 1.54) is 49.4 Å². The van der Waals surface area contributed by atoms with Crippen molar-refractivity contribution in [3.05, 3.63) is 28.4 Å². The summed E-state index contributed by atoms with van der Waals surface area (Å²) in [5.41, 5.74) is 0.770. The predicted octanol–water partition coefficient (Wildman–Crippen LogP) is 2.71. The maximum Gasteiger partial charge on any atom is 0.274 e. The van der Waals surface area contributed by atoms with Crippen molar-refractivity contribution in [3.63, 3.8) is 0 Å². The average Bonchev–Trinajstić information content (AvgIpc) is 2.86. The molecule has 2 heterocycles. The van der Waals surface area contributed by atoms with E-state index < -0.39 is 0 Å². The normalized spacial score (nSPS) is 11.2. The van der Waals surface area contributed by atoms with Crippen LogP contribution in [0.5, 0.6) is 0 Å². The summed E-state index contributed by atoms with van der Waals surface area (Å²) >= 11 is 0. The maximum atomic E-state index is 11.7. The van der Waals surface area contributed by atoms with Gasteiger partial charge in [-0.05, 0) is 12.8 Å². The van der Waals surface area contributed by atoms with Crippen molar-refractivity contribution < 1.29 is 0 Å². The zero-order valence-electron chi connectivity index (χ0n) is 11.6. The number of H-pyrrole nitrogens is 1. The van der Waals surface area contributed by atoms with Gasteiger partial charge >= 0.3 is 0 Å². The molecule has 0 radical (unpaired) electrons. The summed E-state index contributed by atoms with van der Waals surface area (Å²) in [7, 11) is 0. The fraction of sp³-hybridized carbons (Fsp3) is 0.643. The summed E-state index contributed by atoms with van der Waals surface area (Å²) < 4.78 is 1.36. The summed E-state index contributed by atoms with van der Waals surface area (Å²) in [6.45, 7) is 2.23. The lowest BCUT2D eigenvalue weighted by Gasteiger charge is -2.01. The molecule has 2 aromatic heterocycles. The molecule has 0 amide bonds. The van der Waals surface area contributed by atoms with Crippen molar-refractivity contribution in [2.45, 2.75) is 58.3 Å². The number of nitrogens with zero attached hydrogens (tertiary/aromatic N) is 3. The van der Waals surface area contributed by atoms with E-state index in [4.69, 9.17) is 0 Å². The van der Waals surface area contributed by atoms with E-state index in [0.717, 1.165) is 18.5 Å². The third-order valence-corrected chi connectivity index (χ3v) is 3.36. The molecular weight excluding hydrogens is 240 g/mol. The summed E-state index contributed by atoms with van der Waals surface area (Å²) in [4.78, 5) is 20.1. The monoisotopic (exact) mass is 262 g/mol. The van der Waals surface area contributed by atoms with Gasteiger partial charge in [0.15, 0.2) is 0 Å². The van der Waals surface area contributed by atoms with Crippen molar-refractivity contribution in [1.82, 2.24) is 19.6 Å². The number of aromatic amines is 1. The van der Waals surface area contributed by atoms with Crippen molar-refractivity contribution in [2.24, 2.45) is 0 Å². The highest BCUT2D eigenvalue weighted by Crippen LogP contribution is 2.09. The molecule has 0 saturated heterocycles. The summed E-state index contributed by atoms with van der Waals surface area (Å²) in [6, 6.07) is 1.60. The van der Waals surface area contributed by atoms with Gasteiger partial charge in [0.05, 0.1) is 5.69 Å². The van der Waals surface area contributed by atoms with Crippen LogP contribution in [0.25, 0.3) is 5.78 Å². The first kappa shape index (κ1) is 13.8. The van der Waals surface area contributed by atoms with Gasteiger partial charge in [0.1, 0.15) is 6.33 Å². The Kier molecular flexibility index (Phi) is 5.12. The van der Waals surface area contributed by atoms with Crippen LogP contribution >= 0.6 is 0 Å². The number of hydrogen-bond donors (Lipinski definition) is 1. The van der Waals surface area contributed by atoms with E-state index in [1.807, 2.05) is 0 Å². The molecule has 5 heteroatoms. The third-order valence-electron chi connectivity index (χ3n) is 3.36. The van der Waals surface area contributed by atoms with Crippen LogP contribution in [0, 0.1) is 0 Å². The van der Waals surface area contributed by atoms with Gasteiger partial charge in [0.2, 0.25) is 0 Å². The number of aryl methyl sites for hydroxylation is 1. The number of rotatable bonds is 8. The van der Waals surface area contributed by atoms with Gasteiger partial charge in [0.25, 0.3) is 11.3 Å². The molecule has 19 heavy (non-hydrogen) atoms. The highest BCUT2D eigenvalue weighted by atomic mass is 16.1. The zero-order valence-corrected chi connectivity index (χ0v) is 11.6. The van der Waals surface area contributed by atoms with Crippen LogP contribution in [-0.4, -0.2) is 19.6 Å². The van der Waals surface area contributed by atoms with Gasteiger partial charge in [0, 0.05) is 6.07 Å². The second-order valence-electron chi connectivity index (χ2n) is 4.98. The van der Waals surface area contributed by atoms with Crippen molar-refractivity contribution in [3.8, 4) is 0 Å². The molecule has 0 aromatic carbocycles. The highest BCUT2D eigenvalue weighted by Gasteiger charge is 2.03. The Morgan fingerprint density at radius 2 is 1.89 bits per heavy atom. The minimum absolute atomic E-state index is 0.0829. The molecule has 0 aliphatic carbocycles. The van der Waals surface area contributed by atoms with E-state index in [2.05, 4.69) is 22.0 Å². The van der Waals surface area contributed by atoms with Crippen molar-refractivity contribution in [2.75, 3.05) is 0 Å². The van der Waals surface area contributed by atoms with Crippen LogP contribution in [0.15, 0.2) is 17.2 Å². The molecule has 1 N–H and O–H groups in total. The van der Waals surface area contributed by atoms with Crippen molar-refractivity contribution >= 4 is 5.78 Å². The number of unbranched alkanes of at least 4 members (excludes halogenated alkanes) is 6. The fourth-order valence-corrected chi connectivity index (χ4v) is 2.26. The summed E-state index contributed by atoms with van der Waals surface area (Å²) in [5.74, 6) is 0.463. The lowest BCUT2D eigenvalue weighted by molar-refractivity contribution is 0.587. The molecule has 0 saturated carbocycles. The lowest BCUT2D eigenvalue weighted by Crippen LogP contribution is -2.15. The molecule has 0 unspecified atom stereocenters. The quantitative estimate of drug-likeness (QED) is 0.744. The molecule has 0 bridgehead atoms. The standard InChI is InChI=1S/C14H22N4O/c1-2-3-4-5-6-7-8-9-12-10-13(19)18-14(17-12)15-11-16-18/h10-11H,2-9H2,1H3,(H,15,16,17). The van der Waals surface area contributed by atoms with Crippen molar-refractivity contribution in [1.29, 1.82) is 0 Å². The summed E-state index contributed by atoms with van der Waals surface area (Å²) in [6.07, 6.45) is 11.2. The van der Waals surface area contributed by atoms with E-state index in [0.29, 0.717) is 5.78 Å². The number of aromatic nitrogens is 4. The van der Waals surface area contributed by atoms with Gasteiger partial charge < -0.3 is 0 Å². The van der Waals surface area contributed by atoms with Gasteiger partial charge in [-0.2, -0.15) is 4.52 Å². The topological polar surface area (TPSA) is 63.0 Å². The average molecular weight is 262 g/mol. The van der Waals surface area contributed by atoms with Gasteiger partial charge in [-0.25, -0.2) is 9.97 Å². The zero-order chi connectivity index (χ0) is 13.5. The van der Waals surface area contributed by atoms with Crippen LogP contribution < -0.4 is 5.56 Å². The SMILES string of the molecule is CCCCCCCCCc1cc(=O)n2[nH]cnc2n1. The first-order chi connectivity index (χ1) is 9.31. The third kappa shape index (κ3) is 3.91. The molecular formula is C14H22N4O. The van der Waals surface area contributed by atoms with Crippen LogP contribution in [0.3, 0.4) is 0 Å². The van der Waals surface area contributed by atoms with E-state index in [9.17, 15) is 4.79 Å². The maximum absolute atomic E-state index is 11.7. The fourth-order valence-electron chi connectivity index (χ4n) is 2.26. The molecule has 5 nitrogen and oxygen atoms in total. The van der Waals surface area contributed by atoms with Gasteiger partial charge in [-0.15, -0.1) is 0 Å². The first-order valence-corrected chi connectivity index (χ1v) is 7.23. The number of nitrogens with one attached hydrogen (secondary N) is 1. The smallest absolute Gasteiger partial charge is 0.274 e. The minimum atomic E-state index is -0.0829. The number of fused-ring (bicyclic) bond motifs is 1. The van der Waals surface area contributed by atoms with E-state index in [-0.39, 0.29) is 5.56 Å². The molecule has 0 fully saturated rings. The molecule has 0 atom stereocenters. The molecule has 0 aliphatic heterocycles. The lowest BCUT2D eigenvalue weighted by atomic mass is 10.1. The second kappa shape index (κ2) is 7.07. The Balaban J connectivity index is 1.77. The van der Waals surface area contributed by atoms with Gasteiger partial charge in [-0.3, -0.25) is 9.89 Å². The Hall–Kier alpha value is -1.65. The number of hydrogen-bond acceptors (Lipinski definition) is 3. The Morgan fingerprint density at radius 3 is 2.68 bits per heavy atom. The second-order valence-corrected chi connectivity index (χ2v) is 4.98. The predicted molar refractivity (Wildman–Crippen MR) is 75.3 cm³/mol. The van der Waals surface area contributed by atoms with E-state index >= 15 is 0 Å². The van der Waals surface area contributed by atoms with Crippen LogP contribution in [0.4, 0.5) is 0 Å². The van der Waals surface area contributed by atoms with Gasteiger partial charge in [-0.1, -0.05) is 45.4 Å². The highest BCUT2D eigenvalue weighted by molar-refractivity contribution is 5.25. The molecule has 0 aliphatic rings. The van der Waals surface area contributed by atoms with Crippen LogP contribution in [0.1, 0.15) is 57.6 Å². The Bertz CT molecular complexity index is 558. The summed E-state index contributed by atoms with van der Waals surface area (Å²) in [5, 5.41) is 2.74. The molecule has 2 aromatic rings. The molecule has 0 spiro atoms. The Labute approximate surface area is 113 Å². The first-order valence-electron chi connectivity index (χ1n) is 7.23. The van der Waals surface area contributed by atoms with Crippen LogP contribution in [-0.2, 0) is 6.42 Å². The Morgan fingerprint density at radius 1 is 1.16 bits per heavy atom. The largest absolute Gasteiger partial charge is 0.278 e. The molecule has 104 valence electrons. The van der Waals surface area contributed by atoms with E-state index in [1.54, 1.807) is 6.07 Å². The molecule has 2 rings (SSSR count). The van der Waals surface area contributed by atoms with Crippen LogP contribution in [0.2, 0.25) is 0 Å².